The number of fused-ring (bicyclic) bond motifs is 1. The summed E-state index contributed by atoms with van der Waals surface area (Å²) in [5.74, 6) is -1.32. The topological polar surface area (TPSA) is 66.8 Å². The molecule has 0 bridgehead atoms. The maximum atomic E-state index is 13.3. The lowest BCUT2D eigenvalue weighted by Crippen LogP contribution is -2.38. The van der Waals surface area contributed by atoms with Gasteiger partial charge in [-0.1, -0.05) is 25.1 Å². The zero-order chi connectivity index (χ0) is 23.2. The lowest BCUT2D eigenvalue weighted by Gasteiger charge is -2.26. The molecule has 2 heterocycles. The Morgan fingerprint density at radius 3 is 2.19 bits per heavy atom. The van der Waals surface area contributed by atoms with E-state index >= 15 is 0 Å². The third kappa shape index (κ3) is 5.36. The number of sulfone groups is 1. The van der Waals surface area contributed by atoms with Crippen LogP contribution in [0.1, 0.15) is 37.3 Å². The second kappa shape index (κ2) is 8.30. The van der Waals surface area contributed by atoms with E-state index in [9.17, 15) is 39.6 Å². The molecule has 0 aromatic heterocycles. The monoisotopic (exact) mass is 488 g/mol. The Morgan fingerprint density at radius 2 is 1.68 bits per heavy atom. The molecule has 0 N–H and O–H groups in total. The van der Waals surface area contributed by atoms with Crippen LogP contribution in [0.25, 0.3) is 0 Å². The Hall–Kier alpha value is -1.76. The first kappa shape index (κ1) is 23.9. The predicted octanol–water partition coefficient (Wildman–Crippen LogP) is 4.52. The number of rotatable bonds is 4. The molecule has 5 nitrogen and oxygen atoms in total. The summed E-state index contributed by atoms with van der Waals surface area (Å²) < 4.78 is 104. The van der Waals surface area contributed by atoms with Gasteiger partial charge in [0.25, 0.3) is 0 Å². The normalized spacial score (nSPS) is 24.6. The summed E-state index contributed by atoms with van der Waals surface area (Å²) in [6, 6.07) is 0.126. The summed E-state index contributed by atoms with van der Waals surface area (Å²) in [4.78, 5) is 17.1. The number of carbonyl (C=O) groups is 1. The third-order valence-electron chi connectivity index (χ3n) is 4.88. The average Bonchev–Trinajstić information content (AvgIpc) is 3.08. The van der Waals surface area contributed by atoms with E-state index in [1.54, 1.807) is 0 Å². The fourth-order valence-electron chi connectivity index (χ4n) is 3.43. The van der Waals surface area contributed by atoms with Gasteiger partial charge in [-0.15, -0.1) is 0 Å². The number of aliphatic imine (C=N–C) groups is 1. The second-order valence-electron chi connectivity index (χ2n) is 7.33. The number of amidine groups is 1. The molecule has 2 saturated heterocycles. The van der Waals surface area contributed by atoms with Crippen molar-refractivity contribution in [2.75, 3.05) is 16.4 Å². The first-order chi connectivity index (χ1) is 14.2. The van der Waals surface area contributed by atoms with Crippen molar-refractivity contribution in [3.05, 3.63) is 29.3 Å². The van der Waals surface area contributed by atoms with Gasteiger partial charge < -0.3 is 4.90 Å². The van der Waals surface area contributed by atoms with E-state index in [4.69, 9.17) is 0 Å². The summed E-state index contributed by atoms with van der Waals surface area (Å²) >= 11 is 0.888. The minimum Gasteiger partial charge on any atom is -0.316 e. The van der Waals surface area contributed by atoms with Gasteiger partial charge in [0.1, 0.15) is 0 Å². The highest BCUT2D eigenvalue weighted by atomic mass is 32.2. The van der Waals surface area contributed by atoms with E-state index in [1.807, 2.05) is 6.92 Å². The number of nitrogens with zero attached hydrogens (tertiary/aromatic N) is 2. The lowest BCUT2D eigenvalue weighted by molar-refractivity contribution is -0.143. The molecule has 2 fully saturated rings. The number of hydrogen-bond donors (Lipinski definition) is 0. The number of benzene rings is 1. The van der Waals surface area contributed by atoms with Crippen LogP contribution in [0.2, 0.25) is 0 Å². The predicted molar refractivity (Wildman–Crippen MR) is 105 cm³/mol. The summed E-state index contributed by atoms with van der Waals surface area (Å²) in [5.41, 5.74) is -3.55. The van der Waals surface area contributed by atoms with Crippen LogP contribution in [-0.4, -0.2) is 42.3 Å². The molecule has 2 atom stereocenters. The van der Waals surface area contributed by atoms with E-state index in [1.165, 1.54) is 0 Å². The van der Waals surface area contributed by atoms with Gasteiger partial charge in [0.05, 0.1) is 28.7 Å². The first-order valence-electron chi connectivity index (χ1n) is 9.28. The molecule has 1 amide bonds. The molecule has 1 aromatic rings. The molecule has 0 spiro atoms. The first-order valence-corrected chi connectivity index (χ1v) is 12.0. The fraction of sp³-hybridized carbons (Fsp3) is 0.556. The maximum Gasteiger partial charge on any atom is 0.416 e. The Balaban J connectivity index is 2.12. The molecular formula is C18H18F6N2O3S2. The lowest BCUT2D eigenvalue weighted by atomic mass is 10.1. The van der Waals surface area contributed by atoms with Crippen molar-refractivity contribution < 1.29 is 39.6 Å². The average molecular weight is 488 g/mol. The molecule has 0 saturated carbocycles. The zero-order valence-electron chi connectivity index (χ0n) is 16.1. The van der Waals surface area contributed by atoms with Crippen molar-refractivity contribution in [2.24, 2.45) is 4.99 Å². The van der Waals surface area contributed by atoms with Crippen LogP contribution in [0.3, 0.4) is 0 Å². The molecular weight excluding hydrogens is 470 g/mol. The van der Waals surface area contributed by atoms with E-state index < -0.39 is 62.0 Å². The molecule has 172 valence electrons. The van der Waals surface area contributed by atoms with Gasteiger partial charge in [0.2, 0.25) is 5.91 Å². The summed E-state index contributed by atoms with van der Waals surface area (Å²) in [5, 5.41) is -0.731. The highest BCUT2D eigenvalue weighted by Crippen LogP contribution is 2.44. The maximum absolute atomic E-state index is 13.3. The molecule has 0 radical (unpaired) electrons. The summed E-state index contributed by atoms with van der Waals surface area (Å²) in [6.07, 6.45) is -8.84. The minimum atomic E-state index is -5.06. The van der Waals surface area contributed by atoms with E-state index in [-0.39, 0.29) is 23.4 Å². The molecule has 31 heavy (non-hydrogen) atoms. The van der Waals surface area contributed by atoms with Gasteiger partial charge in [0.15, 0.2) is 15.0 Å². The Kier molecular flexibility index (Phi) is 6.40. The quantitative estimate of drug-likeness (QED) is 0.584. The van der Waals surface area contributed by atoms with Crippen LogP contribution in [0.5, 0.6) is 0 Å². The number of amides is 1. The van der Waals surface area contributed by atoms with Crippen molar-refractivity contribution in [2.45, 2.75) is 49.8 Å². The van der Waals surface area contributed by atoms with Gasteiger partial charge in [0, 0.05) is 17.4 Å². The number of thioether (sulfide) groups is 1. The SMILES string of the molecule is CCCCC(=O)N=C1SC2CS(=O)(=O)CC2N1c1cc(C(F)(F)F)cc(C(F)(F)F)c1. The minimum absolute atomic E-state index is 0.00119. The fourth-order valence-corrected chi connectivity index (χ4v) is 7.37. The van der Waals surface area contributed by atoms with E-state index in [2.05, 4.69) is 4.99 Å². The van der Waals surface area contributed by atoms with Crippen LogP contribution in [0.4, 0.5) is 32.0 Å². The summed E-state index contributed by atoms with van der Waals surface area (Å²) in [7, 11) is -3.54. The molecule has 2 aliphatic rings. The van der Waals surface area contributed by atoms with Crippen LogP contribution < -0.4 is 4.90 Å². The molecule has 2 aliphatic heterocycles. The zero-order valence-corrected chi connectivity index (χ0v) is 17.8. The number of halogens is 6. The van der Waals surface area contributed by atoms with Crippen molar-refractivity contribution in [3.63, 3.8) is 0 Å². The summed E-state index contributed by atoms with van der Waals surface area (Å²) in [6.45, 7) is 1.84. The van der Waals surface area contributed by atoms with Gasteiger partial charge in [-0.25, -0.2) is 8.42 Å². The highest BCUT2D eigenvalue weighted by molar-refractivity contribution is 8.16. The van der Waals surface area contributed by atoms with Gasteiger partial charge in [-0.2, -0.15) is 31.3 Å². The van der Waals surface area contributed by atoms with Crippen LogP contribution in [0, 0.1) is 0 Å². The van der Waals surface area contributed by atoms with Crippen LogP contribution in [-0.2, 0) is 27.0 Å². The highest BCUT2D eigenvalue weighted by Gasteiger charge is 2.50. The van der Waals surface area contributed by atoms with E-state index in [0.717, 1.165) is 16.7 Å². The number of unbranched alkanes of at least 4 members (excludes halogenated alkanes) is 1. The van der Waals surface area contributed by atoms with Crippen LogP contribution in [0.15, 0.2) is 23.2 Å². The molecule has 2 unspecified atom stereocenters. The number of anilines is 1. The Morgan fingerprint density at radius 1 is 1.10 bits per heavy atom. The van der Waals surface area contributed by atoms with Gasteiger partial charge in [-0.05, 0) is 24.6 Å². The Labute approximate surface area is 178 Å². The number of hydrogen-bond acceptors (Lipinski definition) is 4. The van der Waals surface area contributed by atoms with Crippen molar-refractivity contribution in [3.8, 4) is 0 Å². The standard InChI is InChI=1S/C18H18F6N2O3S2/c1-2-3-4-15(27)25-16-26(13-8-31(28,29)9-14(13)30-16)12-6-10(17(19,20)21)5-11(7-12)18(22,23)24/h5-7,13-14H,2-4,8-9H2,1H3. The third-order valence-corrected chi connectivity index (χ3v) is 8.09. The second-order valence-corrected chi connectivity index (χ2v) is 10.7. The smallest absolute Gasteiger partial charge is 0.316 e. The largest absolute Gasteiger partial charge is 0.416 e. The van der Waals surface area contributed by atoms with Gasteiger partial charge >= 0.3 is 12.4 Å². The van der Waals surface area contributed by atoms with Crippen molar-refractivity contribution in [1.29, 1.82) is 0 Å². The van der Waals surface area contributed by atoms with Gasteiger partial charge in [-0.3, -0.25) is 4.79 Å². The molecule has 3 rings (SSSR count). The number of alkyl halides is 6. The Bertz CT molecular complexity index is 972. The van der Waals surface area contributed by atoms with Crippen molar-refractivity contribution in [1.82, 2.24) is 0 Å². The number of carbonyl (C=O) groups excluding carboxylic acids is 1. The molecule has 13 heteroatoms. The van der Waals surface area contributed by atoms with Crippen LogP contribution >= 0.6 is 11.8 Å². The molecule has 1 aromatic carbocycles. The van der Waals surface area contributed by atoms with Crippen molar-refractivity contribution >= 4 is 38.4 Å². The molecule has 0 aliphatic carbocycles. The van der Waals surface area contributed by atoms with E-state index in [0.29, 0.717) is 25.0 Å².